The Kier molecular flexibility index (Phi) is 5.06. The first kappa shape index (κ1) is 14.9. The van der Waals surface area contributed by atoms with Gasteiger partial charge < -0.3 is 10.0 Å². The fourth-order valence-electron chi connectivity index (χ4n) is 2.64. The Balaban J connectivity index is 2.12. The van der Waals surface area contributed by atoms with Gasteiger partial charge in [-0.15, -0.1) is 0 Å². The molecule has 0 radical (unpaired) electrons. The quantitative estimate of drug-likeness (QED) is 0.903. The number of amides is 1. The minimum Gasteiger partial charge on any atom is -0.481 e. The van der Waals surface area contributed by atoms with E-state index in [0.29, 0.717) is 19.5 Å². The van der Waals surface area contributed by atoms with Gasteiger partial charge in [0.25, 0.3) is 0 Å². The second-order valence-corrected chi connectivity index (χ2v) is 5.99. The summed E-state index contributed by atoms with van der Waals surface area (Å²) in [4.78, 5) is 25.2. The van der Waals surface area contributed by atoms with Gasteiger partial charge in [-0.25, -0.2) is 0 Å². The van der Waals surface area contributed by atoms with Crippen LogP contribution in [-0.2, 0) is 9.59 Å². The molecule has 0 bridgehead atoms. The third-order valence-corrected chi connectivity index (χ3v) is 4.35. The SMILES string of the molecule is CSCCC(=O)N1C[C@H](C(=O)O)[C@H](c2ccccc2)C1. The Morgan fingerprint density at radius 2 is 2.00 bits per heavy atom. The number of likely N-dealkylation sites (tertiary alicyclic amines) is 1. The summed E-state index contributed by atoms with van der Waals surface area (Å²) in [5.74, 6) is -0.589. The first-order valence-electron chi connectivity index (χ1n) is 6.68. The number of carbonyl (C=O) groups excluding carboxylic acids is 1. The maximum Gasteiger partial charge on any atom is 0.308 e. The molecule has 1 amide bonds. The molecule has 1 aromatic carbocycles. The standard InChI is InChI=1S/C15H19NO3S/c1-20-8-7-14(17)16-9-12(13(10-16)15(18)19)11-5-3-2-4-6-11/h2-6,12-13H,7-10H2,1H3,(H,18,19)/t12-,13-/m0/s1. The number of hydrogen-bond acceptors (Lipinski definition) is 3. The summed E-state index contributed by atoms with van der Waals surface area (Å²) in [5, 5.41) is 9.38. The molecule has 0 unspecified atom stereocenters. The van der Waals surface area contributed by atoms with E-state index in [0.717, 1.165) is 11.3 Å². The highest BCUT2D eigenvalue weighted by Gasteiger charge is 2.40. The van der Waals surface area contributed by atoms with E-state index in [-0.39, 0.29) is 11.8 Å². The van der Waals surface area contributed by atoms with Crippen molar-refractivity contribution in [3.05, 3.63) is 35.9 Å². The Morgan fingerprint density at radius 3 is 2.60 bits per heavy atom. The Bertz CT molecular complexity index is 477. The van der Waals surface area contributed by atoms with Crippen molar-refractivity contribution in [2.24, 2.45) is 5.92 Å². The number of carboxylic acids is 1. The minimum atomic E-state index is -0.820. The van der Waals surface area contributed by atoms with Gasteiger partial charge in [-0.1, -0.05) is 30.3 Å². The minimum absolute atomic E-state index is 0.0593. The van der Waals surface area contributed by atoms with Gasteiger partial charge in [0.15, 0.2) is 0 Å². The summed E-state index contributed by atoms with van der Waals surface area (Å²) < 4.78 is 0. The first-order valence-corrected chi connectivity index (χ1v) is 8.07. The maximum absolute atomic E-state index is 12.1. The van der Waals surface area contributed by atoms with Crippen LogP contribution in [-0.4, -0.2) is 47.0 Å². The number of benzene rings is 1. The van der Waals surface area contributed by atoms with Crippen LogP contribution in [0.1, 0.15) is 17.9 Å². The number of thioether (sulfide) groups is 1. The highest BCUT2D eigenvalue weighted by atomic mass is 32.2. The summed E-state index contributed by atoms with van der Waals surface area (Å²) in [6, 6.07) is 9.61. The zero-order valence-corrected chi connectivity index (χ0v) is 12.3. The zero-order chi connectivity index (χ0) is 14.5. The Labute approximate surface area is 123 Å². The lowest BCUT2D eigenvalue weighted by Gasteiger charge is -2.16. The van der Waals surface area contributed by atoms with Crippen molar-refractivity contribution < 1.29 is 14.7 Å². The Morgan fingerprint density at radius 1 is 1.30 bits per heavy atom. The zero-order valence-electron chi connectivity index (χ0n) is 11.5. The fourth-order valence-corrected chi connectivity index (χ4v) is 3.02. The van der Waals surface area contributed by atoms with Gasteiger partial charge in [0.1, 0.15) is 0 Å². The van der Waals surface area contributed by atoms with Gasteiger partial charge >= 0.3 is 5.97 Å². The van der Waals surface area contributed by atoms with Crippen molar-refractivity contribution in [2.75, 3.05) is 25.1 Å². The molecule has 1 saturated heterocycles. The van der Waals surface area contributed by atoms with Gasteiger partial charge in [-0.2, -0.15) is 11.8 Å². The lowest BCUT2D eigenvalue weighted by Crippen LogP contribution is -2.30. The third kappa shape index (κ3) is 3.33. The molecule has 20 heavy (non-hydrogen) atoms. The second kappa shape index (κ2) is 6.79. The molecule has 108 valence electrons. The molecule has 1 fully saturated rings. The van der Waals surface area contributed by atoms with E-state index in [2.05, 4.69) is 0 Å². The number of carboxylic acid groups (broad SMARTS) is 1. The van der Waals surface area contributed by atoms with Crippen LogP contribution in [0.25, 0.3) is 0 Å². The lowest BCUT2D eigenvalue weighted by molar-refractivity contribution is -0.141. The van der Waals surface area contributed by atoms with Crippen LogP contribution < -0.4 is 0 Å². The van der Waals surface area contributed by atoms with Crippen LogP contribution in [0, 0.1) is 5.92 Å². The van der Waals surface area contributed by atoms with E-state index < -0.39 is 11.9 Å². The molecule has 1 aromatic rings. The first-order chi connectivity index (χ1) is 9.63. The summed E-state index contributed by atoms with van der Waals surface area (Å²) in [6.07, 6.45) is 2.44. The normalized spacial score (nSPS) is 21.9. The summed E-state index contributed by atoms with van der Waals surface area (Å²) in [7, 11) is 0. The average Bonchev–Trinajstić information content (AvgIpc) is 2.91. The fraction of sp³-hybridized carbons (Fsp3) is 0.467. The highest BCUT2D eigenvalue weighted by Crippen LogP contribution is 2.33. The predicted molar refractivity (Wildman–Crippen MR) is 79.9 cm³/mol. The van der Waals surface area contributed by atoms with Gasteiger partial charge in [-0.3, -0.25) is 9.59 Å². The third-order valence-electron chi connectivity index (χ3n) is 3.74. The number of aliphatic carboxylic acids is 1. The van der Waals surface area contributed by atoms with Crippen LogP contribution in [0.3, 0.4) is 0 Å². The molecule has 0 spiro atoms. The molecular weight excluding hydrogens is 274 g/mol. The van der Waals surface area contributed by atoms with Crippen molar-refractivity contribution in [1.82, 2.24) is 4.90 Å². The monoisotopic (exact) mass is 293 g/mol. The molecule has 0 aromatic heterocycles. The molecule has 1 aliphatic rings. The maximum atomic E-state index is 12.1. The molecule has 1 aliphatic heterocycles. The van der Waals surface area contributed by atoms with Gasteiger partial charge in [0.2, 0.25) is 5.91 Å². The molecule has 2 rings (SSSR count). The number of rotatable bonds is 5. The van der Waals surface area contributed by atoms with Gasteiger partial charge in [-0.05, 0) is 11.8 Å². The van der Waals surface area contributed by atoms with Gasteiger partial charge in [0, 0.05) is 31.2 Å². The number of carbonyl (C=O) groups is 2. The highest BCUT2D eigenvalue weighted by molar-refractivity contribution is 7.98. The molecular formula is C15H19NO3S. The summed E-state index contributed by atoms with van der Waals surface area (Å²) in [5.41, 5.74) is 1.00. The van der Waals surface area contributed by atoms with E-state index >= 15 is 0 Å². The van der Waals surface area contributed by atoms with Crippen LogP contribution in [0.2, 0.25) is 0 Å². The smallest absolute Gasteiger partial charge is 0.308 e. The second-order valence-electron chi connectivity index (χ2n) is 5.00. The van der Waals surface area contributed by atoms with Crippen LogP contribution in [0.5, 0.6) is 0 Å². The molecule has 0 saturated carbocycles. The number of hydrogen-bond donors (Lipinski definition) is 1. The van der Waals surface area contributed by atoms with Gasteiger partial charge in [0.05, 0.1) is 5.92 Å². The van der Waals surface area contributed by atoms with E-state index in [1.165, 1.54) is 0 Å². The molecule has 4 nitrogen and oxygen atoms in total. The average molecular weight is 293 g/mol. The van der Waals surface area contributed by atoms with Crippen LogP contribution in [0.15, 0.2) is 30.3 Å². The molecule has 1 heterocycles. The van der Waals surface area contributed by atoms with Crippen molar-refractivity contribution >= 4 is 23.6 Å². The molecule has 2 atom stereocenters. The van der Waals surface area contributed by atoms with E-state index in [9.17, 15) is 14.7 Å². The summed E-state index contributed by atoms with van der Waals surface area (Å²) in [6.45, 7) is 0.830. The lowest BCUT2D eigenvalue weighted by atomic mass is 9.89. The molecule has 0 aliphatic carbocycles. The molecule has 5 heteroatoms. The topological polar surface area (TPSA) is 57.6 Å². The van der Waals surface area contributed by atoms with Crippen LogP contribution in [0.4, 0.5) is 0 Å². The molecule has 1 N–H and O–H groups in total. The summed E-state index contributed by atoms with van der Waals surface area (Å²) >= 11 is 1.63. The van der Waals surface area contributed by atoms with Crippen LogP contribution >= 0.6 is 11.8 Å². The van der Waals surface area contributed by atoms with E-state index in [1.807, 2.05) is 36.6 Å². The van der Waals surface area contributed by atoms with Crippen molar-refractivity contribution in [3.8, 4) is 0 Å². The van der Waals surface area contributed by atoms with Crippen molar-refractivity contribution in [3.63, 3.8) is 0 Å². The van der Waals surface area contributed by atoms with Crippen molar-refractivity contribution in [2.45, 2.75) is 12.3 Å². The Hall–Kier alpha value is -1.49. The number of nitrogens with zero attached hydrogens (tertiary/aromatic N) is 1. The van der Waals surface area contributed by atoms with Crippen molar-refractivity contribution in [1.29, 1.82) is 0 Å². The van der Waals surface area contributed by atoms with E-state index in [4.69, 9.17) is 0 Å². The predicted octanol–water partition coefficient (Wildman–Crippen LogP) is 2.07. The largest absolute Gasteiger partial charge is 0.481 e. The van der Waals surface area contributed by atoms with E-state index in [1.54, 1.807) is 16.7 Å².